The molecule has 0 unspecified atom stereocenters. The number of nitrogens with zero attached hydrogens (tertiary/aromatic N) is 1. The Balaban J connectivity index is 0.00000729. The highest BCUT2D eigenvalue weighted by molar-refractivity contribution is 14.0. The average Bonchev–Trinajstić information content (AvgIpc) is 2.68. The molecular weight excluding hydrogens is 491 g/mol. The minimum absolute atomic E-state index is 0. The molecule has 8 heteroatoms. The van der Waals surface area contributed by atoms with Gasteiger partial charge in [-0.15, -0.1) is 24.0 Å². The highest BCUT2D eigenvalue weighted by Crippen LogP contribution is 2.30. The van der Waals surface area contributed by atoms with Crippen LogP contribution in [0.3, 0.4) is 0 Å². The van der Waals surface area contributed by atoms with E-state index in [4.69, 9.17) is 11.6 Å². The smallest absolute Gasteiger partial charge is 0.251 e. The Bertz CT molecular complexity index is 592. The summed E-state index contributed by atoms with van der Waals surface area (Å²) in [5, 5.41) is 19.3. The van der Waals surface area contributed by atoms with Gasteiger partial charge in [0.15, 0.2) is 5.96 Å². The Kier molecular flexibility index (Phi) is 14.3. The number of aliphatic hydroxyl groups is 1. The molecule has 0 spiro atoms. The zero-order valence-electron chi connectivity index (χ0n) is 17.1. The van der Waals surface area contributed by atoms with Crippen molar-refractivity contribution in [1.82, 2.24) is 16.0 Å². The molecule has 0 atom stereocenters. The fraction of sp³-hybridized carbons (Fsp3) is 0.600. The lowest BCUT2D eigenvalue weighted by molar-refractivity contribution is 0.0954. The SMILES string of the molecule is CCNC(=NCC(CC)(CC)CCO)NCCNC(=O)c1ccc(Cl)cc1.I. The standard InChI is InChI=1S/C20H33ClN4O2.HI/c1-4-20(5-2,11-14-26)15-25-19(22-6-3)24-13-12-23-18(27)16-7-9-17(21)10-8-16;/h7-10,26H,4-6,11-15H2,1-3H3,(H,23,27)(H2,22,24,25);1H. The van der Waals surface area contributed by atoms with Crippen molar-refractivity contribution >= 4 is 47.4 Å². The zero-order chi connectivity index (χ0) is 20.1. The van der Waals surface area contributed by atoms with E-state index in [2.05, 4.69) is 34.8 Å². The second kappa shape index (κ2) is 14.9. The van der Waals surface area contributed by atoms with Crippen LogP contribution in [-0.4, -0.2) is 49.8 Å². The van der Waals surface area contributed by atoms with Gasteiger partial charge in [0, 0.05) is 43.4 Å². The average molecular weight is 525 g/mol. The van der Waals surface area contributed by atoms with E-state index in [9.17, 15) is 9.90 Å². The summed E-state index contributed by atoms with van der Waals surface area (Å²) in [5.41, 5.74) is 0.611. The molecule has 0 radical (unpaired) electrons. The van der Waals surface area contributed by atoms with Crippen LogP contribution >= 0.6 is 35.6 Å². The first-order valence-electron chi connectivity index (χ1n) is 9.67. The summed E-state index contributed by atoms with van der Waals surface area (Å²) >= 11 is 5.83. The van der Waals surface area contributed by atoms with E-state index in [1.165, 1.54) is 0 Å². The lowest BCUT2D eigenvalue weighted by Crippen LogP contribution is -2.42. The summed E-state index contributed by atoms with van der Waals surface area (Å²) in [7, 11) is 0. The number of benzene rings is 1. The summed E-state index contributed by atoms with van der Waals surface area (Å²) in [6, 6.07) is 6.80. The van der Waals surface area contributed by atoms with Gasteiger partial charge in [0.2, 0.25) is 0 Å². The molecular formula is C20H34ClIN4O2. The van der Waals surface area contributed by atoms with Crippen molar-refractivity contribution in [3.05, 3.63) is 34.9 Å². The molecule has 0 aromatic heterocycles. The molecule has 1 amide bonds. The predicted molar refractivity (Wildman–Crippen MR) is 128 cm³/mol. The minimum atomic E-state index is -0.130. The number of aliphatic imine (C=N–C) groups is 1. The van der Waals surface area contributed by atoms with Crippen LogP contribution in [0.4, 0.5) is 0 Å². The summed E-state index contributed by atoms with van der Waals surface area (Å²) in [6.07, 6.45) is 2.70. The van der Waals surface area contributed by atoms with E-state index in [1.807, 2.05) is 6.92 Å². The van der Waals surface area contributed by atoms with Gasteiger partial charge in [-0.2, -0.15) is 0 Å². The number of nitrogens with one attached hydrogen (secondary N) is 3. The van der Waals surface area contributed by atoms with Crippen LogP contribution in [0, 0.1) is 5.41 Å². The Labute approximate surface area is 190 Å². The third-order valence-corrected chi connectivity index (χ3v) is 5.12. The summed E-state index contributed by atoms with van der Waals surface area (Å²) in [5.74, 6) is 0.594. The fourth-order valence-electron chi connectivity index (χ4n) is 2.79. The molecule has 1 aromatic rings. The van der Waals surface area contributed by atoms with Gasteiger partial charge in [0.1, 0.15) is 0 Å². The van der Waals surface area contributed by atoms with Gasteiger partial charge >= 0.3 is 0 Å². The van der Waals surface area contributed by atoms with Crippen molar-refractivity contribution in [2.45, 2.75) is 40.0 Å². The van der Waals surface area contributed by atoms with Crippen molar-refractivity contribution in [1.29, 1.82) is 0 Å². The van der Waals surface area contributed by atoms with Crippen molar-refractivity contribution in [2.75, 3.05) is 32.8 Å². The second-order valence-electron chi connectivity index (χ2n) is 6.57. The first-order chi connectivity index (χ1) is 13.0. The Morgan fingerprint density at radius 3 is 2.21 bits per heavy atom. The number of hydrogen-bond acceptors (Lipinski definition) is 3. The molecule has 160 valence electrons. The zero-order valence-corrected chi connectivity index (χ0v) is 20.1. The first kappa shape index (κ1) is 26.9. The number of rotatable bonds is 11. The maximum Gasteiger partial charge on any atom is 0.251 e. The molecule has 1 aromatic carbocycles. The monoisotopic (exact) mass is 524 g/mol. The minimum Gasteiger partial charge on any atom is -0.396 e. The molecule has 0 aliphatic heterocycles. The molecule has 0 heterocycles. The third-order valence-electron chi connectivity index (χ3n) is 4.87. The maximum atomic E-state index is 12.1. The molecule has 4 N–H and O–H groups in total. The molecule has 0 fully saturated rings. The van der Waals surface area contributed by atoms with E-state index >= 15 is 0 Å². The number of carbonyl (C=O) groups is 1. The number of amides is 1. The van der Waals surface area contributed by atoms with E-state index in [0.29, 0.717) is 30.2 Å². The molecule has 6 nitrogen and oxygen atoms in total. The fourth-order valence-corrected chi connectivity index (χ4v) is 2.92. The van der Waals surface area contributed by atoms with Crippen molar-refractivity contribution in [2.24, 2.45) is 10.4 Å². The van der Waals surface area contributed by atoms with Gasteiger partial charge in [0.05, 0.1) is 0 Å². The van der Waals surface area contributed by atoms with Gasteiger partial charge in [-0.05, 0) is 55.9 Å². The highest BCUT2D eigenvalue weighted by Gasteiger charge is 2.25. The molecule has 0 saturated carbocycles. The van der Waals surface area contributed by atoms with Gasteiger partial charge in [0.25, 0.3) is 5.91 Å². The lowest BCUT2D eigenvalue weighted by atomic mass is 9.79. The molecule has 28 heavy (non-hydrogen) atoms. The quantitative estimate of drug-likeness (QED) is 0.155. The largest absolute Gasteiger partial charge is 0.396 e. The van der Waals surface area contributed by atoms with Crippen molar-refractivity contribution in [3.63, 3.8) is 0 Å². The van der Waals surface area contributed by atoms with Crippen LogP contribution in [0.15, 0.2) is 29.3 Å². The molecule has 0 bridgehead atoms. The lowest BCUT2D eigenvalue weighted by Gasteiger charge is -2.29. The number of halogens is 2. The molecule has 0 aliphatic carbocycles. The van der Waals surface area contributed by atoms with Gasteiger partial charge in [-0.3, -0.25) is 9.79 Å². The Morgan fingerprint density at radius 2 is 1.68 bits per heavy atom. The van der Waals surface area contributed by atoms with Gasteiger partial charge in [-0.25, -0.2) is 0 Å². The normalized spacial score (nSPS) is 11.5. The van der Waals surface area contributed by atoms with E-state index < -0.39 is 0 Å². The van der Waals surface area contributed by atoms with Gasteiger partial charge < -0.3 is 21.1 Å². The maximum absolute atomic E-state index is 12.1. The topological polar surface area (TPSA) is 85.8 Å². The van der Waals surface area contributed by atoms with Crippen LogP contribution in [0.25, 0.3) is 0 Å². The van der Waals surface area contributed by atoms with E-state index in [-0.39, 0.29) is 41.9 Å². The molecule has 0 aliphatic rings. The third kappa shape index (κ3) is 9.43. The number of carbonyl (C=O) groups excluding carboxylic acids is 1. The van der Waals surface area contributed by atoms with Crippen molar-refractivity contribution in [3.8, 4) is 0 Å². The van der Waals surface area contributed by atoms with E-state index in [1.54, 1.807) is 24.3 Å². The summed E-state index contributed by atoms with van der Waals surface area (Å²) < 4.78 is 0. The summed E-state index contributed by atoms with van der Waals surface area (Å²) in [6.45, 7) is 8.94. The molecule has 0 saturated heterocycles. The van der Waals surface area contributed by atoms with Crippen LogP contribution in [0.2, 0.25) is 5.02 Å². The highest BCUT2D eigenvalue weighted by atomic mass is 127. The predicted octanol–water partition coefficient (Wildman–Crippen LogP) is 3.43. The van der Waals surface area contributed by atoms with Crippen LogP contribution in [0.1, 0.15) is 50.4 Å². The van der Waals surface area contributed by atoms with Crippen molar-refractivity contribution < 1.29 is 9.90 Å². The Morgan fingerprint density at radius 1 is 1.07 bits per heavy atom. The second-order valence-corrected chi connectivity index (χ2v) is 7.00. The van der Waals surface area contributed by atoms with Crippen LogP contribution < -0.4 is 16.0 Å². The van der Waals surface area contributed by atoms with E-state index in [0.717, 1.165) is 31.8 Å². The van der Waals surface area contributed by atoms with Crippen LogP contribution in [0.5, 0.6) is 0 Å². The van der Waals surface area contributed by atoms with Gasteiger partial charge in [-0.1, -0.05) is 25.4 Å². The number of aliphatic hydroxyl groups excluding tert-OH is 1. The summed E-state index contributed by atoms with van der Waals surface area (Å²) in [4.78, 5) is 16.8. The number of guanidine groups is 1. The molecule has 1 rings (SSSR count). The number of hydrogen-bond donors (Lipinski definition) is 4. The Hall–Kier alpha value is -1.06. The van der Waals surface area contributed by atoms with Crippen LogP contribution in [-0.2, 0) is 0 Å². The first-order valence-corrected chi connectivity index (χ1v) is 10.0.